The summed E-state index contributed by atoms with van der Waals surface area (Å²) in [7, 11) is 1.65. The monoisotopic (exact) mass is 295 g/mol. The lowest BCUT2D eigenvalue weighted by atomic mass is 9.89. The van der Waals surface area contributed by atoms with Crippen molar-refractivity contribution < 1.29 is 9.47 Å². The standard InChI is InChI=1S/C16H22ClNO2/c1-19-14-9-12(16(18)6-2-3-7-16)8-13(17)15(14)20-10-11-4-5-11/h8-9,11H,2-7,10,18H2,1H3. The molecule has 2 aliphatic carbocycles. The second-order valence-electron chi connectivity index (χ2n) is 6.11. The van der Waals surface area contributed by atoms with Gasteiger partial charge in [-0.15, -0.1) is 0 Å². The Morgan fingerprint density at radius 2 is 2.00 bits per heavy atom. The first-order chi connectivity index (χ1) is 9.62. The molecule has 0 unspecified atom stereocenters. The van der Waals surface area contributed by atoms with Gasteiger partial charge >= 0.3 is 0 Å². The summed E-state index contributed by atoms with van der Waals surface area (Å²) in [6.45, 7) is 0.725. The molecule has 0 aromatic heterocycles. The van der Waals surface area contributed by atoms with Gasteiger partial charge in [0.25, 0.3) is 0 Å². The van der Waals surface area contributed by atoms with Gasteiger partial charge in [-0.05, 0) is 49.3 Å². The van der Waals surface area contributed by atoms with E-state index in [1.54, 1.807) is 7.11 Å². The van der Waals surface area contributed by atoms with E-state index in [1.807, 2.05) is 12.1 Å². The number of halogens is 1. The minimum absolute atomic E-state index is 0.258. The van der Waals surface area contributed by atoms with Crippen molar-refractivity contribution in [3.05, 3.63) is 22.7 Å². The van der Waals surface area contributed by atoms with Crippen molar-refractivity contribution >= 4 is 11.6 Å². The third-order valence-electron chi connectivity index (χ3n) is 4.46. The average molecular weight is 296 g/mol. The van der Waals surface area contributed by atoms with Gasteiger partial charge in [-0.2, -0.15) is 0 Å². The van der Waals surface area contributed by atoms with Crippen molar-refractivity contribution in [1.29, 1.82) is 0 Å². The zero-order valence-electron chi connectivity index (χ0n) is 12.0. The molecule has 0 saturated heterocycles. The quantitative estimate of drug-likeness (QED) is 0.897. The molecule has 3 rings (SSSR count). The number of rotatable bonds is 5. The summed E-state index contributed by atoms with van der Waals surface area (Å²) in [5.41, 5.74) is 7.31. The number of methoxy groups -OCH3 is 1. The fourth-order valence-electron chi connectivity index (χ4n) is 2.93. The molecule has 0 atom stereocenters. The molecule has 4 heteroatoms. The minimum Gasteiger partial charge on any atom is -0.493 e. The molecule has 0 radical (unpaired) electrons. The summed E-state index contributed by atoms with van der Waals surface area (Å²) >= 11 is 6.40. The number of nitrogens with two attached hydrogens (primary N) is 1. The molecule has 2 N–H and O–H groups in total. The topological polar surface area (TPSA) is 44.5 Å². The maximum Gasteiger partial charge on any atom is 0.179 e. The first-order valence-electron chi connectivity index (χ1n) is 7.42. The summed E-state index contributed by atoms with van der Waals surface area (Å²) in [5, 5.41) is 0.608. The maximum atomic E-state index is 6.50. The molecule has 0 heterocycles. The number of hydrogen-bond donors (Lipinski definition) is 1. The predicted octanol–water partition coefficient (Wildman–Crippen LogP) is 3.87. The molecule has 110 valence electrons. The van der Waals surface area contributed by atoms with Crippen molar-refractivity contribution in [1.82, 2.24) is 0 Å². The molecule has 0 bridgehead atoms. The van der Waals surface area contributed by atoms with Crippen LogP contribution in [-0.4, -0.2) is 13.7 Å². The van der Waals surface area contributed by atoms with Crippen LogP contribution in [0.3, 0.4) is 0 Å². The molecule has 2 saturated carbocycles. The van der Waals surface area contributed by atoms with Crippen LogP contribution in [0.4, 0.5) is 0 Å². The van der Waals surface area contributed by atoms with Crippen molar-refractivity contribution in [3.8, 4) is 11.5 Å². The summed E-state index contributed by atoms with van der Waals surface area (Å²) in [5.74, 6) is 2.04. The van der Waals surface area contributed by atoms with E-state index in [-0.39, 0.29) is 5.54 Å². The van der Waals surface area contributed by atoms with Gasteiger partial charge in [0.2, 0.25) is 0 Å². The zero-order chi connectivity index (χ0) is 14.2. The van der Waals surface area contributed by atoms with Crippen LogP contribution in [0.15, 0.2) is 12.1 Å². The molecule has 1 aromatic carbocycles. The van der Waals surface area contributed by atoms with E-state index in [9.17, 15) is 0 Å². The summed E-state index contributed by atoms with van der Waals surface area (Å²) in [6, 6.07) is 3.96. The lowest BCUT2D eigenvalue weighted by Crippen LogP contribution is -2.33. The molecule has 0 aliphatic heterocycles. The van der Waals surface area contributed by atoms with Crippen LogP contribution in [0.25, 0.3) is 0 Å². The van der Waals surface area contributed by atoms with Crippen molar-refractivity contribution in [2.45, 2.75) is 44.1 Å². The van der Waals surface area contributed by atoms with Crippen LogP contribution in [0, 0.1) is 5.92 Å². The Morgan fingerprint density at radius 3 is 2.60 bits per heavy atom. The van der Waals surface area contributed by atoms with E-state index in [2.05, 4.69) is 0 Å². The molecule has 0 spiro atoms. The fourth-order valence-corrected chi connectivity index (χ4v) is 3.19. The Hall–Kier alpha value is -0.930. The third-order valence-corrected chi connectivity index (χ3v) is 4.74. The van der Waals surface area contributed by atoms with Crippen LogP contribution in [-0.2, 0) is 5.54 Å². The number of benzene rings is 1. The normalized spacial score (nSPS) is 20.9. The van der Waals surface area contributed by atoms with Crippen LogP contribution in [0.5, 0.6) is 11.5 Å². The Kier molecular flexibility index (Phi) is 3.83. The van der Waals surface area contributed by atoms with Gasteiger partial charge < -0.3 is 15.2 Å². The molecule has 2 fully saturated rings. The molecule has 3 nitrogen and oxygen atoms in total. The molecule has 20 heavy (non-hydrogen) atoms. The van der Waals surface area contributed by atoms with Crippen molar-refractivity contribution in [2.75, 3.05) is 13.7 Å². The van der Waals surface area contributed by atoms with Crippen LogP contribution in [0.1, 0.15) is 44.1 Å². The van der Waals surface area contributed by atoms with E-state index in [0.29, 0.717) is 22.4 Å². The summed E-state index contributed by atoms with van der Waals surface area (Å²) < 4.78 is 11.3. The summed E-state index contributed by atoms with van der Waals surface area (Å²) in [6.07, 6.45) is 6.88. The van der Waals surface area contributed by atoms with Gasteiger partial charge in [-0.1, -0.05) is 24.4 Å². The molecular weight excluding hydrogens is 274 g/mol. The third kappa shape index (κ3) is 2.75. The Bertz CT molecular complexity index is 493. The van der Waals surface area contributed by atoms with Gasteiger partial charge in [-0.25, -0.2) is 0 Å². The van der Waals surface area contributed by atoms with Crippen LogP contribution >= 0.6 is 11.6 Å². The second-order valence-corrected chi connectivity index (χ2v) is 6.51. The smallest absolute Gasteiger partial charge is 0.179 e. The second kappa shape index (κ2) is 5.45. The van der Waals surface area contributed by atoms with Crippen molar-refractivity contribution in [3.63, 3.8) is 0 Å². The maximum absolute atomic E-state index is 6.50. The lowest BCUT2D eigenvalue weighted by molar-refractivity contribution is 0.280. The average Bonchev–Trinajstić information content (AvgIpc) is 3.16. The van der Waals surface area contributed by atoms with Gasteiger partial charge in [0.05, 0.1) is 18.7 Å². The first-order valence-corrected chi connectivity index (χ1v) is 7.80. The minimum atomic E-state index is -0.258. The van der Waals surface area contributed by atoms with Crippen LogP contribution < -0.4 is 15.2 Å². The van der Waals surface area contributed by atoms with Crippen LogP contribution in [0.2, 0.25) is 5.02 Å². The SMILES string of the molecule is COc1cc(C2(N)CCCC2)cc(Cl)c1OCC1CC1. The van der Waals surface area contributed by atoms with Gasteiger partial charge in [0.15, 0.2) is 11.5 Å². The van der Waals surface area contributed by atoms with E-state index in [0.717, 1.165) is 25.0 Å². The Balaban J connectivity index is 1.87. The van der Waals surface area contributed by atoms with E-state index in [1.165, 1.54) is 25.7 Å². The largest absolute Gasteiger partial charge is 0.493 e. The fraction of sp³-hybridized carbons (Fsp3) is 0.625. The molecule has 0 amide bonds. The van der Waals surface area contributed by atoms with Gasteiger partial charge in [0, 0.05) is 5.54 Å². The Morgan fingerprint density at radius 1 is 1.30 bits per heavy atom. The highest BCUT2D eigenvalue weighted by Gasteiger charge is 2.33. The van der Waals surface area contributed by atoms with Gasteiger partial charge in [-0.3, -0.25) is 0 Å². The number of ether oxygens (including phenoxy) is 2. The molecule has 1 aromatic rings. The number of hydrogen-bond acceptors (Lipinski definition) is 3. The predicted molar refractivity (Wildman–Crippen MR) is 80.6 cm³/mol. The molecule has 2 aliphatic rings. The van der Waals surface area contributed by atoms with E-state index < -0.39 is 0 Å². The molecular formula is C16H22ClNO2. The zero-order valence-corrected chi connectivity index (χ0v) is 12.7. The Labute approximate surface area is 125 Å². The summed E-state index contributed by atoms with van der Waals surface area (Å²) in [4.78, 5) is 0. The van der Waals surface area contributed by atoms with Gasteiger partial charge in [0.1, 0.15) is 0 Å². The highest BCUT2D eigenvalue weighted by atomic mass is 35.5. The highest BCUT2D eigenvalue weighted by Crippen LogP contribution is 2.44. The van der Waals surface area contributed by atoms with Crippen molar-refractivity contribution in [2.24, 2.45) is 11.7 Å². The first kappa shape index (κ1) is 14.0. The highest BCUT2D eigenvalue weighted by molar-refractivity contribution is 6.32. The van der Waals surface area contributed by atoms with E-state index in [4.69, 9.17) is 26.8 Å². The lowest BCUT2D eigenvalue weighted by Gasteiger charge is -2.26. The van der Waals surface area contributed by atoms with E-state index >= 15 is 0 Å².